The Labute approximate surface area is 39.4 Å². The first-order valence-corrected chi connectivity index (χ1v) is 3.18. The Balaban J connectivity index is 0. The third kappa shape index (κ3) is 45.0. The van der Waals surface area contributed by atoms with E-state index in [4.69, 9.17) is 9.79 Å². The van der Waals surface area contributed by atoms with E-state index < -0.39 is 7.15 Å². The first-order chi connectivity index (χ1) is 1.73. The van der Waals surface area contributed by atoms with Crippen LogP contribution in [-0.2, 0) is 11.8 Å². The smallest absolute Gasteiger partial charge is 0.170 e. The molecule has 0 fully saturated rings. The average Bonchev–Trinajstić information content (AvgIpc) is 0.811. The Kier molecular flexibility index (Phi) is 9.38. The molecule has 2 nitrogen and oxygen atoms in total. The number of hydrogen-bond acceptors (Lipinski definition) is 1. The van der Waals surface area contributed by atoms with Crippen LogP contribution in [0, 0.1) is 0 Å². The topological polar surface area (TPSA) is 40.5 Å². The van der Waals surface area contributed by atoms with E-state index in [1.54, 1.807) is 0 Å². The van der Waals surface area contributed by atoms with Crippen molar-refractivity contribution in [3.8, 4) is 0 Å². The van der Waals surface area contributed by atoms with E-state index in [-0.39, 0.29) is 9.90 Å². The molecule has 0 aliphatic carbocycles. The van der Waals surface area contributed by atoms with Crippen molar-refractivity contribution in [3.63, 3.8) is 0 Å². The maximum absolute atomic E-state index is 7.53. The summed E-state index contributed by atoms with van der Waals surface area (Å²) in [6.45, 7) is 0. The molecule has 0 spiro atoms. The minimum Gasteiger partial charge on any atom is -0.347 e. The maximum Gasteiger partial charge on any atom is 0.170 e. The lowest BCUT2D eigenvalue weighted by Crippen LogP contribution is -1.36. The van der Waals surface area contributed by atoms with E-state index in [1.165, 1.54) is 0 Å². The predicted octanol–water partition coefficient (Wildman–Crippen LogP) is -0.465. The van der Waals surface area contributed by atoms with Crippen molar-refractivity contribution in [1.82, 2.24) is 0 Å². The van der Waals surface area contributed by atoms with Crippen molar-refractivity contribution in [1.29, 1.82) is 0 Å². The van der Waals surface area contributed by atoms with Crippen LogP contribution in [-0.4, -0.2) is 9.79 Å². The van der Waals surface area contributed by atoms with Crippen LogP contribution < -0.4 is 0 Å². The van der Waals surface area contributed by atoms with Crippen LogP contribution in [0.15, 0.2) is 0 Å². The number of hydrogen-bond donors (Lipinski definition) is 2. The highest BCUT2D eigenvalue weighted by molar-refractivity contribution is 7.99. The lowest BCUT2D eigenvalue weighted by Gasteiger charge is -1.66. The van der Waals surface area contributed by atoms with Crippen LogP contribution in [0.5, 0.6) is 0 Å². The van der Waals surface area contributed by atoms with Gasteiger partial charge in [0.15, 0.2) is 7.15 Å². The fourth-order valence-electron chi connectivity index (χ4n) is 0. The van der Waals surface area contributed by atoms with Gasteiger partial charge in [0.05, 0.1) is 0 Å². The second-order valence-electron chi connectivity index (χ2n) is 0.283. The SMILES string of the molecule is O[PH](O)=S.P. The predicted molar refractivity (Wildman–Crippen MR) is 31.2 cm³/mol. The average molecular weight is 132 g/mol. The second kappa shape index (κ2) is 5.00. The van der Waals surface area contributed by atoms with Crippen LogP contribution in [0.25, 0.3) is 0 Å². The van der Waals surface area contributed by atoms with Gasteiger partial charge in [-0.15, -0.1) is 0 Å². The fourth-order valence-corrected chi connectivity index (χ4v) is 0. The van der Waals surface area contributed by atoms with E-state index in [0.29, 0.717) is 0 Å². The molecule has 0 saturated heterocycles. The van der Waals surface area contributed by atoms with Crippen molar-refractivity contribution < 1.29 is 9.79 Å². The van der Waals surface area contributed by atoms with Gasteiger partial charge in [-0.1, -0.05) is 0 Å². The molecule has 0 aromatic carbocycles. The summed E-state index contributed by atoms with van der Waals surface area (Å²) in [5.74, 6) is 0. The van der Waals surface area contributed by atoms with Crippen LogP contribution in [0.1, 0.15) is 0 Å². The summed E-state index contributed by atoms with van der Waals surface area (Å²) in [5, 5.41) is 0. The van der Waals surface area contributed by atoms with Crippen molar-refractivity contribution >= 4 is 28.9 Å². The molecule has 0 heterocycles. The molecule has 5 heavy (non-hydrogen) atoms. The summed E-state index contributed by atoms with van der Waals surface area (Å²) in [6, 6.07) is 0. The van der Waals surface area contributed by atoms with Crippen LogP contribution in [0.3, 0.4) is 0 Å². The zero-order chi connectivity index (χ0) is 3.58. The quantitative estimate of drug-likeness (QED) is 0.438. The summed E-state index contributed by atoms with van der Waals surface area (Å²) in [4.78, 5) is 15.1. The fraction of sp³-hybridized carbons (Fsp3) is 0. The highest BCUT2D eigenvalue weighted by Crippen LogP contribution is 1.99. The summed E-state index contributed by atoms with van der Waals surface area (Å²) < 4.78 is 0. The summed E-state index contributed by atoms with van der Waals surface area (Å²) in [7, 11) is -2.30. The van der Waals surface area contributed by atoms with Gasteiger partial charge in [-0.25, -0.2) is 0 Å². The van der Waals surface area contributed by atoms with Gasteiger partial charge >= 0.3 is 0 Å². The molecule has 0 rings (SSSR count). The van der Waals surface area contributed by atoms with Gasteiger partial charge < -0.3 is 9.79 Å². The minimum atomic E-state index is -2.30. The van der Waals surface area contributed by atoms with Gasteiger partial charge in [0.1, 0.15) is 0 Å². The Morgan fingerprint density at radius 3 is 1.40 bits per heavy atom. The minimum absolute atomic E-state index is 0. The third-order valence-corrected chi connectivity index (χ3v) is 0. The molecule has 0 saturated carbocycles. The van der Waals surface area contributed by atoms with Gasteiger partial charge in [0.25, 0.3) is 0 Å². The summed E-state index contributed by atoms with van der Waals surface area (Å²) in [5.41, 5.74) is 0. The Hall–Kier alpha value is 1.00. The highest BCUT2D eigenvalue weighted by atomic mass is 32.4. The van der Waals surface area contributed by atoms with Gasteiger partial charge in [0, 0.05) is 0 Å². The zero-order valence-corrected chi connectivity index (χ0v) is 5.74. The van der Waals surface area contributed by atoms with Crippen LogP contribution in [0.2, 0.25) is 0 Å². The van der Waals surface area contributed by atoms with Crippen molar-refractivity contribution in [3.05, 3.63) is 0 Å². The lowest BCUT2D eigenvalue weighted by molar-refractivity contribution is 0.509. The first kappa shape index (κ1) is 9.38. The molecule has 5 heteroatoms. The molecule has 0 amide bonds. The molecule has 0 aliphatic rings. The van der Waals surface area contributed by atoms with Crippen LogP contribution in [0.4, 0.5) is 0 Å². The van der Waals surface area contributed by atoms with Crippen molar-refractivity contribution in [2.24, 2.45) is 0 Å². The molecule has 1 atom stereocenters. The molecule has 0 aliphatic heterocycles. The second-order valence-corrected chi connectivity index (χ2v) is 1.94. The summed E-state index contributed by atoms with van der Waals surface area (Å²) in [6.07, 6.45) is 0. The molecule has 2 N–H and O–H groups in total. The molecule has 0 aromatic rings. The molecular weight excluding hydrogens is 126 g/mol. The number of rotatable bonds is 0. The lowest BCUT2D eigenvalue weighted by atomic mass is 15.9. The Bertz CT molecular complexity index is 30.6. The molecule has 0 radical (unpaired) electrons. The Morgan fingerprint density at radius 2 is 1.40 bits per heavy atom. The third-order valence-electron chi connectivity index (χ3n) is 0. The standard InChI is InChI=1S/H3O2PS.H3P/c1-3(2)4;/h3H,(H2,1,2,4);1H3. The van der Waals surface area contributed by atoms with Gasteiger partial charge in [0.2, 0.25) is 0 Å². The monoisotopic (exact) mass is 132 g/mol. The normalized spacial score (nSPS) is 7.00. The van der Waals surface area contributed by atoms with E-state index in [1.807, 2.05) is 0 Å². The first-order valence-electron chi connectivity index (χ1n) is 0.651. The molecule has 0 aromatic heterocycles. The largest absolute Gasteiger partial charge is 0.347 e. The summed E-state index contributed by atoms with van der Waals surface area (Å²) >= 11 is 3.83. The van der Waals surface area contributed by atoms with Gasteiger partial charge in [-0.05, 0) is 11.8 Å². The molecule has 1 unspecified atom stereocenters. The van der Waals surface area contributed by atoms with E-state index in [0.717, 1.165) is 0 Å². The van der Waals surface area contributed by atoms with E-state index in [2.05, 4.69) is 11.8 Å². The van der Waals surface area contributed by atoms with Crippen molar-refractivity contribution in [2.45, 2.75) is 0 Å². The molecule has 0 bridgehead atoms. The van der Waals surface area contributed by atoms with Crippen LogP contribution >= 0.6 is 17.0 Å². The van der Waals surface area contributed by atoms with Gasteiger partial charge in [-0.3, -0.25) is 0 Å². The van der Waals surface area contributed by atoms with Gasteiger partial charge in [-0.2, -0.15) is 9.90 Å². The van der Waals surface area contributed by atoms with Crippen molar-refractivity contribution in [2.75, 3.05) is 0 Å². The Morgan fingerprint density at radius 1 is 1.40 bits per heavy atom. The maximum atomic E-state index is 7.53. The highest BCUT2D eigenvalue weighted by Gasteiger charge is 1.54. The van der Waals surface area contributed by atoms with E-state index >= 15 is 0 Å². The van der Waals surface area contributed by atoms with E-state index in [9.17, 15) is 0 Å². The molecular formula is H6O2P2S. The zero-order valence-electron chi connectivity index (χ0n) is 2.51. The molecule has 34 valence electrons.